The molecular formula is C11H6F3N2O3+. The number of fused-ring (bicyclic) bond motifs is 1. The minimum atomic E-state index is -5.18. The van der Waals surface area contributed by atoms with Gasteiger partial charge in [0.1, 0.15) is 5.52 Å². The maximum atomic E-state index is 12.0. The third kappa shape index (κ3) is 2.84. The number of esters is 1. The van der Waals surface area contributed by atoms with Crippen LogP contribution in [0.2, 0.25) is 0 Å². The van der Waals surface area contributed by atoms with Gasteiger partial charge in [-0.1, -0.05) is 18.2 Å². The van der Waals surface area contributed by atoms with E-state index >= 15 is 0 Å². The highest BCUT2D eigenvalue weighted by Gasteiger charge is 2.43. The van der Waals surface area contributed by atoms with Crippen molar-refractivity contribution < 1.29 is 27.2 Å². The van der Waals surface area contributed by atoms with Crippen LogP contribution < -0.4 is 9.28 Å². The zero-order valence-electron chi connectivity index (χ0n) is 9.22. The van der Waals surface area contributed by atoms with Crippen LogP contribution in [0.25, 0.3) is 10.9 Å². The third-order valence-electron chi connectivity index (χ3n) is 2.16. The van der Waals surface area contributed by atoms with Crippen molar-refractivity contribution in [3.63, 3.8) is 0 Å². The molecule has 0 aliphatic heterocycles. The first-order chi connectivity index (χ1) is 8.88. The molecule has 5 nitrogen and oxygen atoms in total. The van der Waals surface area contributed by atoms with Gasteiger partial charge >= 0.3 is 18.0 Å². The van der Waals surface area contributed by atoms with Crippen LogP contribution in [0, 0.1) is 4.91 Å². The number of carbonyl (C=O) groups excluding carboxylic acids is 1. The Kier molecular flexibility index (Phi) is 3.16. The zero-order valence-corrected chi connectivity index (χ0v) is 9.22. The van der Waals surface area contributed by atoms with Gasteiger partial charge in [0.2, 0.25) is 4.54 Å². The Morgan fingerprint density at radius 3 is 2.53 bits per heavy atom. The van der Waals surface area contributed by atoms with Crippen LogP contribution in [0.5, 0.6) is 5.88 Å². The second-order valence-corrected chi connectivity index (χ2v) is 3.49. The number of benzene rings is 1. The standard InChI is InChI=1S/C11H6F3N2O3/c12-11(13,14)10(17)19-9-6-5-7-3-1-2-4-8(7)15-16(9)18/h1-6H/q+1. The van der Waals surface area contributed by atoms with Gasteiger partial charge in [0.25, 0.3) is 0 Å². The second kappa shape index (κ2) is 4.63. The number of ether oxygens (including phenoxy) is 1. The summed E-state index contributed by atoms with van der Waals surface area (Å²) in [6, 6.07) is 8.66. The van der Waals surface area contributed by atoms with Crippen molar-refractivity contribution in [2.75, 3.05) is 0 Å². The van der Waals surface area contributed by atoms with Gasteiger partial charge in [0, 0.05) is 5.39 Å². The number of alkyl halides is 3. The molecule has 2 rings (SSSR count). The van der Waals surface area contributed by atoms with Gasteiger partial charge in [-0.25, -0.2) is 4.79 Å². The quantitative estimate of drug-likeness (QED) is 0.584. The van der Waals surface area contributed by atoms with E-state index in [0.29, 0.717) is 5.39 Å². The van der Waals surface area contributed by atoms with Crippen LogP contribution >= 0.6 is 0 Å². The Bertz CT molecular complexity index is 700. The molecule has 2 aromatic rings. The van der Waals surface area contributed by atoms with E-state index in [-0.39, 0.29) is 10.1 Å². The fourth-order valence-corrected chi connectivity index (χ4v) is 1.32. The molecule has 0 atom stereocenters. The van der Waals surface area contributed by atoms with Crippen molar-refractivity contribution in [2.45, 2.75) is 6.18 Å². The van der Waals surface area contributed by atoms with Gasteiger partial charge in [-0.3, -0.25) is 0 Å². The van der Waals surface area contributed by atoms with E-state index in [1.807, 2.05) is 0 Å². The minimum Gasteiger partial charge on any atom is -0.359 e. The highest BCUT2D eigenvalue weighted by Crippen LogP contribution is 2.18. The summed E-state index contributed by atoms with van der Waals surface area (Å²) in [7, 11) is 0. The second-order valence-electron chi connectivity index (χ2n) is 3.49. The molecule has 98 valence electrons. The molecule has 1 aromatic carbocycles. The van der Waals surface area contributed by atoms with Crippen LogP contribution in [0.15, 0.2) is 36.4 Å². The summed E-state index contributed by atoms with van der Waals surface area (Å²) in [5.41, 5.74) is 0.256. The monoisotopic (exact) mass is 271 g/mol. The molecule has 0 fully saturated rings. The molecular weight excluding hydrogens is 265 g/mol. The summed E-state index contributed by atoms with van der Waals surface area (Å²) >= 11 is 0. The van der Waals surface area contributed by atoms with Gasteiger partial charge in [0.05, 0.1) is 16.1 Å². The number of hydrogen-bond acceptors (Lipinski definition) is 4. The summed E-state index contributed by atoms with van der Waals surface area (Å²) in [6.45, 7) is 0. The summed E-state index contributed by atoms with van der Waals surface area (Å²) in [5.74, 6) is -3.33. The molecule has 0 saturated heterocycles. The molecule has 0 spiro atoms. The van der Waals surface area contributed by atoms with Crippen molar-refractivity contribution in [1.82, 2.24) is 5.10 Å². The van der Waals surface area contributed by atoms with E-state index in [4.69, 9.17) is 0 Å². The first-order valence-corrected chi connectivity index (χ1v) is 5.00. The van der Waals surface area contributed by atoms with Crippen LogP contribution in [0.1, 0.15) is 0 Å². The molecule has 8 heteroatoms. The van der Waals surface area contributed by atoms with E-state index in [0.717, 1.165) is 6.07 Å². The largest absolute Gasteiger partial charge is 0.491 e. The van der Waals surface area contributed by atoms with Crippen molar-refractivity contribution in [3.8, 4) is 5.88 Å². The smallest absolute Gasteiger partial charge is 0.359 e. The Balaban J connectivity index is 2.49. The lowest BCUT2D eigenvalue weighted by Gasteiger charge is -2.00. The maximum Gasteiger partial charge on any atom is 0.491 e. The predicted octanol–water partition coefficient (Wildman–Crippen LogP) is 1.62. The number of aromatic nitrogens is 2. The van der Waals surface area contributed by atoms with E-state index in [9.17, 15) is 22.9 Å². The molecule has 0 aliphatic carbocycles. The van der Waals surface area contributed by atoms with Gasteiger partial charge in [-0.15, -0.1) is 0 Å². The highest BCUT2D eigenvalue weighted by atomic mass is 19.4. The Labute approximate surface area is 103 Å². The average Bonchev–Trinajstić information content (AvgIpc) is 2.48. The van der Waals surface area contributed by atoms with E-state index in [1.165, 1.54) is 12.1 Å². The molecule has 0 radical (unpaired) electrons. The van der Waals surface area contributed by atoms with Crippen molar-refractivity contribution in [2.24, 2.45) is 0 Å². The molecule has 1 aromatic heterocycles. The van der Waals surface area contributed by atoms with E-state index in [1.54, 1.807) is 18.2 Å². The lowest BCUT2D eigenvalue weighted by atomic mass is 10.2. The number of rotatable bonds is 1. The number of nitrogens with zero attached hydrogens (tertiary/aromatic N) is 2. The third-order valence-corrected chi connectivity index (χ3v) is 2.16. The first kappa shape index (κ1) is 12.9. The van der Waals surface area contributed by atoms with Gasteiger partial charge in [0.15, 0.2) is 0 Å². The Morgan fingerprint density at radius 2 is 1.84 bits per heavy atom. The van der Waals surface area contributed by atoms with Crippen LogP contribution in [-0.4, -0.2) is 17.2 Å². The molecule has 0 aliphatic rings. The maximum absolute atomic E-state index is 12.0. The van der Waals surface area contributed by atoms with Gasteiger partial charge in [-0.2, -0.15) is 13.2 Å². The first-order valence-electron chi connectivity index (χ1n) is 5.00. The normalized spacial score (nSPS) is 11.3. The van der Waals surface area contributed by atoms with E-state index in [2.05, 4.69) is 9.84 Å². The number of halogens is 3. The summed E-state index contributed by atoms with van der Waals surface area (Å²) in [4.78, 5) is 22.1. The van der Waals surface area contributed by atoms with Gasteiger partial charge < -0.3 is 4.74 Å². The van der Waals surface area contributed by atoms with Crippen molar-refractivity contribution in [1.29, 1.82) is 0 Å². The molecule has 0 saturated carbocycles. The van der Waals surface area contributed by atoms with Crippen LogP contribution in [-0.2, 0) is 4.79 Å². The van der Waals surface area contributed by atoms with Gasteiger partial charge in [-0.05, 0) is 12.1 Å². The average molecular weight is 271 g/mol. The number of hydrogen-bond donors (Lipinski definition) is 0. The summed E-state index contributed by atoms with van der Waals surface area (Å²) < 4.78 is 39.9. The SMILES string of the molecule is O=C(Oc1ccc2ccccc2n[n+]1=O)C(F)(F)F. The predicted molar refractivity (Wildman–Crippen MR) is 56.8 cm³/mol. The fraction of sp³-hybridized carbons (Fsp3) is 0.0909. The summed E-state index contributed by atoms with van der Waals surface area (Å²) in [6.07, 6.45) is -5.18. The minimum absolute atomic E-state index is 0.175. The molecule has 0 amide bonds. The van der Waals surface area contributed by atoms with Crippen molar-refractivity contribution in [3.05, 3.63) is 41.3 Å². The lowest BCUT2D eigenvalue weighted by Crippen LogP contribution is -2.32. The van der Waals surface area contributed by atoms with Crippen LogP contribution in [0.3, 0.4) is 0 Å². The Hall–Kier alpha value is -2.51. The topological polar surface area (TPSA) is 62.2 Å². The van der Waals surface area contributed by atoms with E-state index < -0.39 is 18.0 Å². The molecule has 19 heavy (non-hydrogen) atoms. The molecule has 1 heterocycles. The van der Waals surface area contributed by atoms with Crippen molar-refractivity contribution >= 4 is 16.9 Å². The molecule has 0 bridgehead atoms. The zero-order chi connectivity index (χ0) is 14.0. The van der Waals surface area contributed by atoms with Crippen LogP contribution in [0.4, 0.5) is 13.2 Å². The fourth-order valence-electron chi connectivity index (χ4n) is 1.32. The molecule has 0 unspecified atom stereocenters. The Morgan fingerprint density at radius 1 is 1.16 bits per heavy atom. The highest BCUT2D eigenvalue weighted by molar-refractivity contribution is 5.78. The molecule has 0 N–H and O–H groups in total. The summed E-state index contributed by atoms with van der Waals surface area (Å²) in [5, 5.41) is 4.00. The number of carbonyl (C=O) groups is 1. The lowest BCUT2D eigenvalue weighted by molar-refractivity contribution is -0.567.